The molecule has 0 aromatic carbocycles. The Balaban J connectivity index is 1.74. The van der Waals surface area contributed by atoms with Crippen LogP contribution >= 0.6 is 11.3 Å². The number of carbonyl (C=O) groups excluding carboxylic acids is 3. The summed E-state index contributed by atoms with van der Waals surface area (Å²) in [5.41, 5.74) is 0.765. The maximum atomic E-state index is 12.6. The molecule has 2 amide bonds. The number of furan rings is 1. The molecular weight excluding hydrogens is 332 g/mol. The Morgan fingerprint density at radius 3 is 2.83 bits per heavy atom. The molecule has 0 bridgehead atoms. The Morgan fingerprint density at radius 1 is 1.38 bits per heavy atom. The van der Waals surface area contributed by atoms with Gasteiger partial charge in [0.15, 0.2) is 0 Å². The summed E-state index contributed by atoms with van der Waals surface area (Å²) < 4.78 is 9.84. The zero-order chi connectivity index (χ0) is 17.3. The molecule has 2 aromatic heterocycles. The standard InChI is InChI=1S/C16H16N2O5S/c1-9-10(4-7-23-9)13(19)17-12-3-6-18(14(12)20)15-11(5-8-24-15)16(21)22-2/h4-5,7-8,12H,3,6H2,1-2H3,(H,17,19)/t12-/m0/s1. The van der Waals surface area contributed by atoms with Crippen LogP contribution in [0.15, 0.2) is 28.2 Å². The number of methoxy groups -OCH3 is 1. The third-order valence-electron chi connectivity index (χ3n) is 3.91. The summed E-state index contributed by atoms with van der Waals surface area (Å²) in [6, 6.07) is 2.57. The predicted molar refractivity (Wildman–Crippen MR) is 87.3 cm³/mol. The van der Waals surface area contributed by atoms with E-state index in [1.54, 1.807) is 24.4 Å². The number of carbonyl (C=O) groups is 3. The van der Waals surface area contributed by atoms with Crippen molar-refractivity contribution in [3.63, 3.8) is 0 Å². The molecule has 1 atom stereocenters. The average Bonchev–Trinajstić information content (AvgIpc) is 3.28. The Hall–Kier alpha value is -2.61. The molecule has 1 N–H and O–H groups in total. The van der Waals surface area contributed by atoms with Crippen molar-refractivity contribution in [1.29, 1.82) is 0 Å². The van der Waals surface area contributed by atoms with E-state index in [-0.39, 0.29) is 11.8 Å². The molecule has 2 aromatic rings. The fraction of sp³-hybridized carbons (Fsp3) is 0.312. The molecule has 1 aliphatic rings. The average molecular weight is 348 g/mol. The lowest BCUT2D eigenvalue weighted by Crippen LogP contribution is -2.41. The van der Waals surface area contributed by atoms with Gasteiger partial charge in [0, 0.05) is 6.54 Å². The van der Waals surface area contributed by atoms with Gasteiger partial charge in [-0.15, -0.1) is 11.3 Å². The second-order valence-corrected chi connectivity index (χ2v) is 6.22. The molecule has 0 unspecified atom stereocenters. The van der Waals surface area contributed by atoms with E-state index in [4.69, 9.17) is 9.15 Å². The zero-order valence-corrected chi connectivity index (χ0v) is 14.0. The van der Waals surface area contributed by atoms with Gasteiger partial charge in [-0.1, -0.05) is 0 Å². The summed E-state index contributed by atoms with van der Waals surface area (Å²) in [6.07, 6.45) is 1.90. The van der Waals surface area contributed by atoms with Gasteiger partial charge in [0.05, 0.1) is 24.5 Å². The summed E-state index contributed by atoms with van der Waals surface area (Å²) in [4.78, 5) is 38.1. The molecule has 1 saturated heterocycles. The molecule has 0 saturated carbocycles. The lowest BCUT2D eigenvalue weighted by molar-refractivity contribution is -0.118. The number of thiophene rings is 1. The number of ether oxygens (including phenoxy) is 1. The molecule has 7 nitrogen and oxygen atoms in total. The van der Waals surface area contributed by atoms with Gasteiger partial charge in [-0.25, -0.2) is 4.79 Å². The number of nitrogens with one attached hydrogen (secondary N) is 1. The molecule has 0 aliphatic carbocycles. The number of aryl methyl sites for hydroxylation is 1. The first-order valence-corrected chi connectivity index (χ1v) is 8.23. The first-order chi connectivity index (χ1) is 11.5. The van der Waals surface area contributed by atoms with Crippen LogP contribution in [-0.4, -0.2) is 37.5 Å². The van der Waals surface area contributed by atoms with Gasteiger partial charge < -0.3 is 19.4 Å². The van der Waals surface area contributed by atoms with Crippen molar-refractivity contribution >= 4 is 34.1 Å². The maximum absolute atomic E-state index is 12.6. The molecule has 24 heavy (non-hydrogen) atoms. The number of hydrogen-bond donors (Lipinski definition) is 1. The molecule has 0 spiro atoms. The quantitative estimate of drug-likeness (QED) is 0.854. The highest BCUT2D eigenvalue weighted by Gasteiger charge is 2.36. The van der Waals surface area contributed by atoms with Crippen LogP contribution in [0.4, 0.5) is 5.00 Å². The van der Waals surface area contributed by atoms with Gasteiger partial charge in [0.1, 0.15) is 16.8 Å². The van der Waals surface area contributed by atoms with Crippen LogP contribution in [0, 0.1) is 6.92 Å². The first kappa shape index (κ1) is 16.3. The van der Waals surface area contributed by atoms with Crippen LogP contribution in [0.5, 0.6) is 0 Å². The minimum Gasteiger partial charge on any atom is -0.469 e. The number of amides is 2. The Bertz CT molecular complexity index is 794. The molecule has 3 heterocycles. The third-order valence-corrected chi connectivity index (χ3v) is 4.85. The number of hydrogen-bond acceptors (Lipinski definition) is 6. The largest absolute Gasteiger partial charge is 0.469 e. The number of nitrogens with zero attached hydrogens (tertiary/aromatic N) is 1. The van der Waals surface area contributed by atoms with Crippen LogP contribution < -0.4 is 10.2 Å². The second kappa shape index (κ2) is 6.48. The molecule has 126 valence electrons. The summed E-state index contributed by atoms with van der Waals surface area (Å²) in [7, 11) is 1.30. The van der Waals surface area contributed by atoms with Crippen LogP contribution in [0.3, 0.4) is 0 Å². The van der Waals surface area contributed by atoms with E-state index in [0.29, 0.717) is 34.9 Å². The first-order valence-electron chi connectivity index (χ1n) is 7.35. The molecular formula is C16H16N2O5S. The van der Waals surface area contributed by atoms with E-state index in [0.717, 1.165) is 0 Å². The number of esters is 1. The van der Waals surface area contributed by atoms with E-state index in [9.17, 15) is 14.4 Å². The van der Waals surface area contributed by atoms with Gasteiger partial charge in [0.2, 0.25) is 5.91 Å². The topological polar surface area (TPSA) is 88.8 Å². The highest BCUT2D eigenvalue weighted by molar-refractivity contribution is 7.14. The molecule has 0 radical (unpaired) electrons. The van der Waals surface area contributed by atoms with E-state index < -0.39 is 12.0 Å². The Labute approximate surface area is 142 Å². The smallest absolute Gasteiger partial charge is 0.340 e. The Kier molecular flexibility index (Phi) is 4.39. The minimum atomic E-state index is -0.626. The monoisotopic (exact) mass is 348 g/mol. The highest BCUT2D eigenvalue weighted by atomic mass is 32.1. The summed E-state index contributed by atoms with van der Waals surface area (Å²) in [6.45, 7) is 2.12. The molecule has 8 heteroatoms. The summed E-state index contributed by atoms with van der Waals surface area (Å²) in [5, 5.41) is 5.00. The van der Waals surface area contributed by atoms with Crippen LogP contribution in [0.25, 0.3) is 0 Å². The lowest BCUT2D eigenvalue weighted by atomic mass is 10.2. The van der Waals surface area contributed by atoms with Crippen LogP contribution in [0.2, 0.25) is 0 Å². The van der Waals surface area contributed by atoms with Gasteiger partial charge >= 0.3 is 5.97 Å². The predicted octanol–water partition coefficient (Wildman–Crippen LogP) is 1.97. The van der Waals surface area contributed by atoms with Crippen molar-refractivity contribution in [3.05, 3.63) is 40.7 Å². The van der Waals surface area contributed by atoms with Crippen molar-refractivity contribution < 1.29 is 23.5 Å². The van der Waals surface area contributed by atoms with E-state index in [1.807, 2.05) is 0 Å². The van der Waals surface area contributed by atoms with Crippen molar-refractivity contribution in [3.8, 4) is 0 Å². The molecule has 1 fully saturated rings. The van der Waals surface area contributed by atoms with Crippen molar-refractivity contribution in [1.82, 2.24) is 5.32 Å². The Morgan fingerprint density at radius 2 is 2.17 bits per heavy atom. The van der Waals surface area contributed by atoms with Crippen molar-refractivity contribution in [2.75, 3.05) is 18.6 Å². The van der Waals surface area contributed by atoms with Crippen LogP contribution in [-0.2, 0) is 9.53 Å². The zero-order valence-electron chi connectivity index (χ0n) is 13.2. The van der Waals surface area contributed by atoms with Crippen molar-refractivity contribution in [2.45, 2.75) is 19.4 Å². The van der Waals surface area contributed by atoms with Gasteiger partial charge in [-0.05, 0) is 30.9 Å². The molecule has 3 rings (SSSR count). The molecule has 1 aliphatic heterocycles. The fourth-order valence-electron chi connectivity index (χ4n) is 2.65. The number of rotatable bonds is 4. The minimum absolute atomic E-state index is 0.239. The number of anilines is 1. The summed E-state index contributed by atoms with van der Waals surface area (Å²) in [5.74, 6) is -0.570. The van der Waals surface area contributed by atoms with E-state index in [2.05, 4.69) is 5.32 Å². The normalized spacial score (nSPS) is 17.2. The SMILES string of the molecule is COC(=O)c1ccsc1N1CC[C@H](NC(=O)c2ccoc2C)C1=O. The van der Waals surface area contributed by atoms with E-state index >= 15 is 0 Å². The summed E-state index contributed by atoms with van der Waals surface area (Å²) >= 11 is 1.29. The highest BCUT2D eigenvalue weighted by Crippen LogP contribution is 2.31. The maximum Gasteiger partial charge on any atom is 0.340 e. The fourth-order valence-corrected chi connectivity index (χ4v) is 3.57. The second-order valence-electron chi connectivity index (χ2n) is 5.33. The van der Waals surface area contributed by atoms with Gasteiger partial charge in [-0.3, -0.25) is 9.59 Å². The van der Waals surface area contributed by atoms with Gasteiger partial charge in [-0.2, -0.15) is 0 Å². The van der Waals surface area contributed by atoms with E-state index in [1.165, 1.54) is 29.6 Å². The van der Waals surface area contributed by atoms with Crippen LogP contribution in [0.1, 0.15) is 32.9 Å². The third kappa shape index (κ3) is 2.80. The lowest BCUT2D eigenvalue weighted by Gasteiger charge is -2.16. The van der Waals surface area contributed by atoms with Gasteiger partial charge in [0.25, 0.3) is 5.91 Å². The van der Waals surface area contributed by atoms with Crippen molar-refractivity contribution in [2.24, 2.45) is 0 Å².